The number of hydrogen-bond acceptors (Lipinski definition) is 4. The van der Waals surface area contributed by atoms with Crippen LogP contribution < -0.4 is 4.90 Å². The van der Waals surface area contributed by atoms with Crippen LogP contribution in [0.15, 0.2) is 6.33 Å². The molecule has 0 N–H and O–H groups in total. The average Bonchev–Trinajstić information content (AvgIpc) is 2.32. The Morgan fingerprint density at radius 2 is 1.84 bits per heavy atom. The molecule has 1 aliphatic heterocycles. The molecule has 0 aromatic carbocycles. The van der Waals surface area contributed by atoms with Crippen LogP contribution in [0, 0.1) is 19.3 Å². The van der Waals surface area contributed by atoms with E-state index in [1.54, 1.807) is 6.33 Å². The molecule has 4 nitrogen and oxygen atoms in total. The zero-order chi connectivity index (χ0) is 14.2. The fraction of sp³-hybridized carbons (Fsp3) is 0.733. The van der Waals surface area contributed by atoms with E-state index >= 15 is 0 Å². The van der Waals surface area contributed by atoms with Crippen LogP contribution in [0.25, 0.3) is 0 Å². The first-order valence-corrected chi connectivity index (χ1v) is 7.04. The van der Waals surface area contributed by atoms with Gasteiger partial charge in [0, 0.05) is 36.9 Å². The summed E-state index contributed by atoms with van der Waals surface area (Å²) in [6.45, 7) is 14.3. The predicted octanol–water partition coefficient (Wildman–Crippen LogP) is 2.26. The topological polar surface area (TPSA) is 32.3 Å². The van der Waals surface area contributed by atoms with Gasteiger partial charge in [0.05, 0.1) is 0 Å². The molecule has 1 aromatic rings. The quantitative estimate of drug-likeness (QED) is 0.777. The SMILES string of the molecule is Cc1ncnc(N2CCN(C)C(C(C)(C)C)C2)c1C. The van der Waals surface area contributed by atoms with E-state index in [0.717, 1.165) is 31.1 Å². The van der Waals surface area contributed by atoms with Gasteiger partial charge in [0.25, 0.3) is 0 Å². The van der Waals surface area contributed by atoms with Gasteiger partial charge in [-0.2, -0.15) is 0 Å². The van der Waals surface area contributed by atoms with E-state index in [1.165, 1.54) is 5.56 Å². The Morgan fingerprint density at radius 3 is 2.47 bits per heavy atom. The van der Waals surface area contributed by atoms with Crippen LogP contribution in [-0.2, 0) is 0 Å². The summed E-state index contributed by atoms with van der Waals surface area (Å²) in [5.74, 6) is 1.11. The van der Waals surface area contributed by atoms with E-state index in [4.69, 9.17) is 0 Å². The molecule has 106 valence electrons. The largest absolute Gasteiger partial charge is 0.353 e. The fourth-order valence-electron chi connectivity index (χ4n) is 2.85. The van der Waals surface area contributed by atoms with Crippen molar-refractivity contribution in [3.63, 3.8) is 0 Å². The first-order valence-electron chi connectivity index (χ1n) is 7.04. The van der Waals surface area contributed by atoms with Gasteiger partial charge in [0.1, 0.15) is 12.1 Å². The maximum Gasteiger partial charge on any atom is 0.135 e. The van der Waals surface area contributed by atoms with Gasteiger partial charge in [0.2, 0.25) is 0 Å². The van der Waals surface area contributed by atoms with E-state index in [1.807, 2.05) is 0 Å². The first-order chi connectivity index (χ1) is 8.80. The third kappa shape index (κ3) is 2.89. The summed E-state index contributed by atoms with van der Waals surface area (Å²) in [7, 11) is 2.23. The van der Waals surface area contributed by atoms with Gasteiger partial charge in [-0.3, -0.25) is 4.90 Å². The first kappa shape index (κ1) is 14.3. The number of nitrogens with zero attached hydrogens (tertiary/aromatic N) is 4. The van der Waals surface area contributed by atoms with Gasteiger partial charge in [0.15, 0.2) is 0 Å². The smallest absolute Gasteiger partial charge is 0.135 e. The van der Waals surface area contributed by atoms with Crippen LogP contribution in [0.2, 0.25) is 0 Å². The molecule has 2 heterocycles. The lowest BCUT2D eigenvalue weighted by atomic mass is 9.84. The van der Waals surface area contributed by atoms with Gasteiger partial charge < -0.3 is 4.90 Å². The van der Waals surface area contributed by atoms with Crippen molar-refractivity contribution in [2.24, 2.45) is 5.41 Å². The third-order valence-corrected chi connectivity index (χ3v) is 4.26. The van der Waals surface area contributed by atoms with Crippen LogP contribution in [-0.4, -0.2) is 47.6 Å². The molecule has 0 spiro atoms. The van der Waals surface area contributed by atoms with E-state index in [0.29, 0.717) is 6.04 Å². The van der Waals surface area contributed by atoms with Crippen molar-refractivity contribution in [2.45, 2.75) is 40.7 Å². The predicted molar refractivity (Wildman–Crippen MR) is 79.6 cm³/mol. The van der Waals surface area contributed by atoms with E-state index in [2.05, 4.69) is 61.4 Å². The van der Waals surface area contributed by atoms with Crippen molar-refractivity contribution in [3.8, 4) is 0 Å². The van der Waals surface area contributed by atoms with Crippen LogP contribution in [0.5, 0.6) is 0 Å². The molecule has 0 aliphatic carbocycles. The standard InChI is InChI=1S/C15H26N4/c1-11-12(2)16-10-17-14(11)19-8-7-18(6)13(9-19)15(3,4)5/h10,13H,7-9H2,1-6H3. The Hall–Kier alpha value is -1.16. The maximum atomic E-state index is 4.50. The fourth-order valence-corrected chi connectivity index (χ4v) is 2.85. The molecule has 1 atom stereocenters. The number of anilines is 1. The van der Waals surface area contributed by atoms with Crippen molar-refractivity contribution < 1.29 is 0 Å². The van der Waals surface area contributed by atoms with Crippen LogP contribution in [0.1, 0.15) is 32.0 Å². The van der Waals surface area contributed by atoms with E-state index < -0.39 is 0 Å². The van der Waals surface area contributed by atoms with Crippen molar-refractivity contribution in [2.75, 3.05) is 31.6 Å². The number of aryl methyl sites for hydroxylation is 1. The molecule has 0 radical (unpaired) electrons. The van der Waals surface area contributed by atoms with Crippen molar-refractivity contribution in [3.05, 3.63) is 17.6 Å². The average molecular weight is 262 g/mol. The summed E-state index contributed by atoms with van der Waals surface area (Å²) in [4.78, 5) is 13.7. The second-order valence-corrected chi connectivity index (χ2v) is 6.72. The van der Waals surface area contributed by atoms with Gasteiger partial charge in [-0.05, 0) is 26.3 Å². The molecule has 1 unspecified atom stereocenters. The normalized spacial score (nSPS) is 21.8. The maximum absolute atomic E-state index is 4.50. The zero-order valence-corrected chi connectivity index (χ0v) is 13.1. The van der Waals surface area contributed by atoms with E-state index in [9.17, 15) is 0 Å². The lowest BCUT2D eigenvalue weighted by molar-refractivity contribution is 0.112. The highest BCUT2D eigenvalue weighted by atomic mass is 15.3. The summed E-state index contributed by atoms with van der Waals surface area (Å²) in [6.07, 6.45) is 1.68. The summed E-state index contributed by atoms with van der Waals surface area (Å²) < 4.78 is 0. The lowest BCUT2D eigenvalue weighted by Crippen LogP contribution is -2.56. The van der Waals surface area contributed by atoms with E-state index in [-0.39, 0.29) is 5.41 Å². The molecular formula is C15H26N4. The van der Waals surface area contributed by atoms with Crippen molar-refractivity contribution >= 4 is 5.82 Å². The van der Waals surface area contributed by atoms with Gasteiger partial charge >= 0.3 is 0 Å². The number of piperazine rings is 1. The highest BCUT2D eigenvalue weighted by Crippen LogP contribution is 2.29. The van der Waals surface area contributed by atoms with Gasteiger partial charge in [-0.1, -0.05) is 20.8 Å². The van der Waals surface area contributed by atoms with Gasteiger partial charge in [-0.15, -0.1) is 0 Å². The summed E-state index contributed by atoms with van der Waals surface area (Å²) in [6, 6.07) is 0.552. The number of aromatic nitrogens is 2. The number of rotatable bonds is 1. The number of likely N-dealkylation sites (N-methyl/N-ethyl adjacent to an activating group) is 1. The van der Waals surface area contributed by atoms with Crippen LogP contribution in [0.3, 0.4) is 0 Å². The molecule has 4 heteroatoms. The molecule has 1 aliphatic rings. The van der Waals surface area contributed by atoms with Crippen molar-refractivity contribution in [1.29, 1.82) is 0 Å². The Kier molecular flexibility index (Phi) is 3.81. The highest BCUT2D eigenvalue weighted by Gasteiger charge is 2.34. The Balaban J connectivity index is 2.25. The number of hydrogen-bond donors (Lipinski definition) is 0. The Morgan fingerprint density at radius 1 is 1.16 bits per heavy atom. The summed E-state index contributed by atoms with van der Waals surface area (Å²) in [5, 5.41) is 0. The minimum Gasteiger partial charge on any atom is -0.353 e. The molecule has 1 fully saturated rings. The summed E-state index contributed by atoms with van der Waals surface area (Å²) >= 11 is 0. The monoisotopic (exact) mass is 262 g/mol. The molecule has 19 heavy (non-hydrogen) atoms. The molecule has 2 rings (SSSR count). The Labute approximate surface area is 116 Å². The molecular weight excluding hydrogens is 236 g/mol. The van der Waals surface area contributed by atoms with Crippen LogP contribution >= 0.6 is 0 Å². The second kappa shape index (κ2) is 5.08. The molecule has 1 saturated heterocycles. The second-order valence-electron chi connectivity index (χ2n) is 6.72. The van der Waals surface area contributed by atoms with Crippen molar-refractivity contribution in [1.82, 2.24) is 14.9 Å². The Bertz CT molecular complexity index is 450. The van der Waals surface area contributed by atoms with Gasteiger partial charge in [-0.25, -0.2) is 9.97 Å². The zero-order valence-electron chi connectivity index (χ0n) is 13.1. The third-order valence-electron chi connectivity index (χ3n) is 4.26. The van der Waals surface area contributed by atoms with Crippen LogP contribution in [0.4, 0.5) is 5.82 Å². The highest BCUT2D eigenvalue weighted by molar-refractivity contribution is 5.48. The minimum absolute atomic E-state index is 0.281. The lowest BCUT2D eigenvalue weighted by Gasteiger charge is -2.46. The summed E-state index contributed by atoms with van der Waals surface area (Å²) in [5.41, 5.74) is 2.57. The molecule has 1 aromatic heterocycles. The molecule has 0 amide bonds. The molecule has 0 saturated carbocycles. The minimum atomic E-state index is 0.281. The molecule has 0 bridgehead atoms.